The second-order valence-corrected chi connectivity index (χ2v) is 11.2. The van der Waals surface area contributed by atoms with E-state index in [9.17, 15) is 29.4 Å². The molecule has 0 unspecified atom stereocenters. The fraction of sp³-hybridized carbons (Fsp3) is 0.405. The molecule has 3 aromatic rings. The van der Waals surface area contributed by atoms with E-state index in [0.717, 1.165) is 41.2 Å². The van der Waals surface area contributed by atoms with Crippen molar-refractivity contribution in [2.45, 2.75) is 85.0 Å². The normalized spacial score (nSPS) is 11.8. The summed E-state index contributed by atoms with van der Waals surface area (Å²) < 4.78 is 21.0. The molecule has 260 valence electrons. The molecule has 0 radical (unpaired) electrons. The third-order valence-corrected chi connectivity index (χ3v) is 7.11. The minimum Gasteiger partial charge on any atom is -0.493 e. The maximum absolute atomic E-state index is 12.2. The number of rotatable bonds is 18. The number of anilines is 1. The standard InChI is InChI=1S/C20H18O8.C17H29NO2/c1-11-3-7-13(8-4-11)19(25)27-15(17(21)22)16(18(23)24)28-20(26)14-9-5-12(2)6-10-14;1-3-5-6-7-8-9-12-20-17-11-10-16(18)13-15(17)14-19-4-2/h3-10,15-16H,1-2H3,(H,21,22)(H,23,24);10-11,13H,3-9,12,14,18H2,1-2H3/t15-,16+;. The first kappa shape index (κ1) is 39.3. The van der Waals surface area contributed by atoms with Gasteiger partial charge in [0.25, 0.3) is 0 Å². The van der Waals surface area contributed by atoms with Crippen molar-refractivity contribution in [2.75, 3.05) is 18.9 Å². The van der Waals surface area contributed by atoms with E-state index in [2.05, 4.69) is 6.92 Å². The van der Waals surface area contributed by atoms with E-state index in [-0.39, 0.29) is 11.1 Å². The molecule has 11 heteroatoms. The lowest BCUT2D eigenvalue weighted by Crippen LogP contribution is -2.45. The Morgan fingerprint density at radius 3 is 1.62 bits per heavy atom. The van der Waals surface area contributed by atoms with Gasteiger partial charge < -0.3 is 34.9 Å². The Labute approximate surface area is 282 Å². The minimum absolute atomic E-state index is 0.0332. The second kappa shape index (κ2) is 21.1. The topological polar surface area (TPSA) is 172 Å². The van der Waals surface area contributed by atoms with Gasteiger partial charge in [0.05, 0.1) is 24.3 Å². The minimum atomic E-state index is -2.22. The fourth-order valence-corrected chi connectivity index (χ4v) is 4.36. The third kappa shape index (κ3) is 13.8. The van der Waals surface area contributed by atoms with Crippen LogP contribution in [0.15, 0.2) is 66.7 Å². The van der Waals surface area contributed by atoms with Gasteiger partial charge in [0.15, 0.2) is 0 Å². The fourth-order valence-electron chi connectivity index (χ4n) is 4.36. The summed E-state index contributed by atoms with van der Waals surface area (Å²) in [6, 6.07) is 17.8. The third-order valence-electron chi connectivity index (χ3n) is 7.11. The Balaban J connectivity index is 0.000000353. The molecule has 0 aliphatic carbocycles. The number of hydrogen-bond donors (Lipinski definition) is 3. The maximum atomic E-state index is 12.2. The zero-order chi connectivity index (χ0) is 35.5. The van der Waals surface area contributed by atoms with Gasteiger partial charge in [-0.1, -0.05) is 74.4 Å². The van der Waals surface area contributed by atoms with Gasteiger partial charge in [0.1, 0.15) is 5.75 Å². The SMILES string of the molecule is CCCCCCCCOc1ccc(N)cc1COCC.Cc1ccc(C(=O)O[C@H](C(=O)O)[C@@H](OC(=O)c2ccc(C)cc2)C(=O)O)cc1. The molecular formula is C37H47NO10. The molecule has 0 fully saturated rings. The van der Waals surface area contributed by atoms with Crippen LogP contribution in [0, 0.1) is 13.8 Å². The van der Waals surface area contributed by atoms with Crippen LogP contribution >= 0.6 is 0 Å². The molecule has 2 atom stereocenters. The second-order valence-electron chi connectivity index (χ2n) is 11.2. The van der Waals surface area contributed by atoms with E-state index in [1.165, 1.54) is 56.4 Å². The van der Waals surface area contributed by atoms with Gasteiger partial charge in [-0.2, -0.15) is 0 Å². The van der Waals surface area contributed by atoms with Crippen LogP contribution in [0.5, 0.6) is 5.75 Å². The number of carbonyl (C=O) groups excluding carboxylic acids is 2. The van der Waals surface area contributed by atoms with E-state index in [4.69, 9.17) is 24.7 Å². The van der Waals surface area contributed by atoms with Crippen molar-refractivity contribution < 1.29 is 48.3 Å². The van der Waals surface area contributed by atoms with Crippen LogP contribution in [0.1, 0.15) is 89.8 Å². The molecule has 0 saturated heterocycles. The Morgan fingerprint density at radius 2 is 1.17 bits per heavy atom. The molecule has 0 heterocycles. The molecule has 0 spiro atoms. The Hall–Kier alpha value is -4.90. The number of carboxylic acid groups (broad SMARTS) is 2. The van der Waals surface area contributed by atoms with Gasteiger partial charge in [-0.05, 0) is 69.7 Å². The zero-order valence-corrected chi connectivity index (χ0v) is 28.1. The van der Waals surface area contributed by atoms with Crippen molar-refractivity contribution in [2.24, 2.45) is 0 Å². The van der Waals surface area contributed by atoms with Crippen molar-refractivity contribution >= 4 is 29.6 Å². The van der Waals surface area contributed by atoms with E-state index < -0.39 is 36.1 Å². The van der Waals surface area contributed by atoms with Crippen LogP contribution in [0.2, 0.25) is 0 Å². The summed E-state index contributed by atoms with van der Waals surface area (Å²) >= 11 is 0. The molecule has 0 aromatic heterocycles. The van der Waals surface area contributed by atoms with Gasteiger partial charge in [0.2, 0.25) is 12.2 Å². The number of ether oxygens (including phenoxy) is 4. The number of unbranched alkanes of at least 4 members (excludes halogenated alkanes) is 5. The summed E-state index contributed by atoms with van der Waals surface area (Å²) in [6.07, 6.45) is 3.21. The highest BCUT2D eigenvalue weighted by Crippen LogP contribution is 2.23. The first-order valence-electron chi connectivity index (χ1n) is 16.1. The molecule has 0 bridgehead atoms. The first-order chi connectivity index (χ1) is 23.0. The van der Waals surface area contributed by atoms with Crippen molar-refractivity contribution in [3.05, 3.63) is 94.5 Å². The van der Waals surface area contributed by atoms with E-state index in [0.29, 0.717) is 13.2 Å². The highest BCUT2D eigenvalue weighted by molar-refractivity contribution is 5.95. The van der Waals surface area contributed by atoms with Crippen molar-refractivity contribution in [3.63, 3.8) is 0 Å². The lowest BCUT2D eigenvalue weighted by Gasteiger charge is -2.21. The summed E-state index contributed by atoms with van der Waals surface area (Å²) in [6.45, 7) is 9.85. The first-order valence-corrected chi connectivity index (χ1v) is 16.1. The monoisotopic (exact) mass is 665 g/mol. The smallest absolute Gasteiger partial charge is 0.349 e. The van der Waals surface area contributed by atoms with E-state index >= 15 is 0 Å². The lowest BCUT2D eigenvalue weighted by molar-refractivity contribution is -0.166. The average molecular weight is 666 g/mol. The number of nitrogen functional groups attached to an aromatic ring is 1. The van der Waals surface area contributed by atoms with E-state index in [1.54, 1.807) is 38.1 Å². The summed E-state index contributed by atoms with van der Waals surface area (Å²) in [4.78, 5) is 47.3. The largest absolute Gasteiger partial charge is 0.493 e. The van der Waals surface area contributed by atoms with Crippen molar-refractivity contribution in [1.29, 1.82) is 0 Å². The number of benzene rings is 3. The summed E-state index contributed by atoms with van der Waals surface area (Å²) in [5.41, 5.74) is 9.40. The van der Waals surface area contributed by atoms with Gasteiger partial charge in [-0.25, -0.2) is 19.2 Å². The molecule has 4 N–H and O–H groups in total. The molecule has 0 amide bonds. The molecule has 11 nitrogen and oxygen atoms in total. The predicted molar refractivity (Wildman–Crippen MR) is 181 cm³/mol. The number of esters is 2. The molecule has 0 aliphatic rings. The predicted octanol–water partition coefficient (Wildman–Crippen LogP) is 6.77. The number of nitrogens with two attached hydrogens (primary N) is 1. The molecule has 3 rings (SSSR count). The van der Waals surface area contributed by atoms with Gasteiger partial charge in [0, 0.05) is 17.9 Å². The van der Waals surface area contributed by atoms with Gasteiger partial charge >= 0.3 is 23.9 Å². The van der Waals surface area contributed by atoms with Gasteiger partial charge in [-0.15, -0.1) is 0 Å². The summed E-state index contributed by atoms with van der Waals surface area (Å²) in [7, 11) is 0. The number of hydrogen-bond acceptors (Lipinski definition) is 9. The lowest BCUT2D eigenvalue weighted by atomic mass is 10.1. The number of aliphatic carboxylic acids is 2. The van der Waals surface area contributed by atoms with Crippen LogP contribution in [-0.2, 0) is 30.4 Å². The van der Waals surface area contributed by atoms with E-state index in [1.807, 2.05) is 25.1 Å². The summed E-state index contributed by atoms with van der Waals surface area (Å²) in [5.74, 6) is -4.72. The van der Waals surface area contributed by atoms with Crippen LogP contribution in [-0.4, -0.2) is 59.5 Å². The number of aryl methyl sites for hydroxylation is 2. The van der Waals surface area contributed by atoms with Crippen molar-refractivity contribution in [3.8, 4) is 5.75 Å². The van der Waals surface area contributed by atoms with Crippen LogP contribution in [0.25, 0.3) is 0 Å². The van der Waals surface area contributed by atoms with Crippen LogP contribution < -0.4 is 10.5 Å². The number of carbonyl (C=O) groups is 4. The Morgan fingerprint density at radius 1 is 0.688 bits per heavy atom. The zero-order valence-electron chi connectivity index (χ0n) is 28.1. The molecule has 0 aliphatic heterocycles. The molecular weight excluding hydrogens is 618 g/mol. The Kier molecular flexibility index (Phi) is 17.2. The average Bonchev–Trinajstić information content (AvgIpc) is 3.06. The molecule has 48 heavy (non-hydrogen) atoms. The number of carboxylic acids is 2. The van der Waals surface area contributed by atoms with Crippen LogP contribution in [0.4, 0.5) is 5.69 Å². The highest BCUT2D eigenvalue weighted by atomic mass is 16.6. The van der Waals surface area contributed by atoms with Crippen LogP contribution in [0.3, 0.4) is 0 Å². The molecule has 0 saturated carbocycles. The highest BCUT2D eigenvalue weighted by Gasteiger charge is 2.41. The van der Waals surface area contributed by atoms with Crippen molar-refractivity contribution in [1.82, 2.24) is 0 Å². The maximum Gasteiger partial charge on any atom is 0.349 e. The molecule has 3 aromatic carbocycles. The quantitative estimate of drug-likeness (QED) is 0.0744. The van der Waals surface area contributed by atoms with Gasteiger partial charge in [-0.3, -0.25) is 0 Å². The Bertz CT molecular complexity index is 1380. The summed E-state index contributed by atoms with van der Waals surface area (Å²) in [5, 5.41) is 18.6.